The van der Waals surface area contributed by atoms with Crippen molar-refractivity contribution in [3.05, 3.63) is 0 Å². The summed E-state index contributed by atoms with van der Waals surface area (Å²) in [4.78, 5) is 72.0. The van der Waals surface area contributed by atoms with Crippen LogP contribution in [0.5, 0.6) is 0 Å². The fraction of sp³-hybridized carbons (Fsp3) is 0.700. The van der Waals surface area contributed by atoms with Gasteiger partial charge in [0.15, 0.2) is 0 Å². The Morgan fingerprint density at radius 3 is 2.09 bits per heavy atom. The fourth-order valence-electron chi connectivity index (χ4n) is 3.57. The molecule has 2 rings (SSSR count). The van der Waals surface area contributed by atoms with Crippen LogP contribution in [0.15, 0.2) is 0 Å². The molecule has 0 aromatic rings. The Labute approximate surface area is 186 Å². The van der Waals surface area contributed by atoms with Crippen LogP contribution in [0.1, 0.15) is 59.8 Å². The van der Waals surface area contributed by atoms with Gasteiger partial charge in [0, 0.05) is 31.7 Å². The zero-order valence-electron chi connectivity index (χ0n) is 18.8. The highest BCUT2D eigenvalue weighted by Crippen LogP contribution is 2.16. The largest absolute Gasteiger partial charge is 0.368 e. The highest BCUT2D eigenvalue weighted by Gasteiger charge is 2.39. The Balaban J connectivity index is 1.93. The smallest absolute Gasteiger partial charge is 0.245 e. The third kappa shape index (κ3) is 6.66. The molecule has 32 heavy (non-hydrogen) atoms. The first-order valence-electron chi connectivity index (χ1n) is 10.5. The summed E-state index contributed by atoms with van der Waals surface area (Å²) in [5, 5.41) is 13.2. The van der Waals surface area contributed by atoms with E-state index in [1.54, 1.807) is 0 Å². The first-order chi connectivity index (χ1) is 14.7. The minimum atomic E-state index is -1.29. The zero-order chi connectivity index (χ0) is 24.3. The molecule has 2 heterocycles. The number of hydrogen-bond acceptors (Lipinski definition) is 6. The minimum Gasteiger partial charge on any atom is -0.368 e. The summed E-state index contributed by atoms with van der Waals surface area (Å²) in [5.74, 6) is -2.56. The molecular formula is C20H32N6O6. The number of primary amides is 1. The summed E-state index contributed by atoms with van der Waals surface area (Å²) >= 11 is 0. The van der Waals surface area contributed by atoms with E-state index >= 15 is 0 Å². The van der Waals surface area contributed by atoms with Crippen LogP contribution < -0.4 is 32.3 Å². The molecule has 7 N–H and O–H groups in total. The maximum Gasteiger partial charge on any atom is 0.245 e. The summed E-state index contributed by atoms with van der Waals surface area (Å²) in [6.07, 6.45) is 0.800. The lowest BCUT2D eigenvalue weighted by atomic mass is 9.99. The van der Waals surface area contributed by atoms with Gasteiger partial charge in [0.05, 0.1) is 12.1 Å². The van der Waals surface area contributed by atoms with E-state index in [0.717, 1.165) is 0 Å². The van der Waals surface area contributed by atoms with E-state index in [4.69, 9.17) is 5.73 Å². The van der Waals surface area contributed by atoms with Crippen molar-refractivity contribution in [3.8, 4) is 0 Å². The van der Waals surface area contributed by atoms with Gasteiger partial charge in [-0.15, -0.1) is 0 Å². The summed E-state index contributed by atoms with van der Waals surface area (Å²) in [5.41, 5.74) is 2.71. The Hall–Kier alpha value is -3.18. The molecular weight excluding hydrogens is 420 g/mol. The molecule has 12 nitrogen and oxygen atoms in total. The van der Waals surface area contributed by atoms with Crippen molar-refractivity contribution in [1.29, 1.82) is 0 Å². The SMILES string of the molecule is CC(C)(NC(=O)CC1NC(=O)CC1NC(=O)C(C)(C)NC(=O)CC1CCC(=O)N1)C(N)=O. The summed E-state index contributed by atoms with van der Waals surface area (Å²) in [6.45, 7) is 5.97. The van der Waals surface area contributed by atoms with Gasteiger partial charge < -0.3 is 32.3 Å². The predicted octanol–water partition coefficient (Wildman–Crippen LogP) is -2.31. The molecule has 0 bridgehead atoms. The van der Waals surface area contributed by atoms with Crippen LogP contribution in [0.2, 0.25) is 0 Å². The average Bonchev–Trinajstić information content (AvgIpc) is 3.18. The van der Waals surface area contributed by atoms with Crippen LogP contribution in [-0.4, -0.2) is 64.6 Å². The topological polar surface area (TPSA) is 189 Å². The van der Waals surface area contributed by atoms with E-state index in [0.29, 0.717) is 12.8 Å². The second kappa shape index (κ2) is 9.53. The van der Waals surface area contributed by atoms with Crippen LogP contribution in [0.3, 0.4) is 0 Å². The molecule has 3 atom stereocenters. The number of hydrogen-bond donors (Lipinski definition) is 6. The lowest BCUT2D eigenvalue weighted by Crippen LogP contribution is -2.59. The van der Waals surface area contributed by atoms with Crippen molar-refractivity contribution in [3.63, 3.8) is 0 Å². The molecule has 3 unspecified atom stereocenters. The van der Waals surface area contributed by atoms with Gasteiger partial charge in [-0.25, -0.2) is 0 Å². The maximum absolute atomic E-state index is 12.8. The molecule has 0 aliphatic carbocycles. The van der Waals surface area contributed by atoms with Gasteiger partial charge in [0.25, 0.3) is 0 Å². The molecule has 0 aromatic carbocycles. The van der Waals surface area contributed by atoms with Gasteiger partial charge in [-0.3, -0.25) is 28.8 Å². The van der Waals surface area contributed by atoms with Crippen molar-refractivity contribution in [2.75, 3.05) is 0 Å². The molecule has 2 saturated heterocycles. The normalized spacial score (nSPS) is 23.2. The Morgan fingerprint density at radius 2 is 1.53 bits per heavy atom. The quantitative estimate of drug-likeness (QED) is 0.228. The van der Waals surface area contributed by atoms with Crippen LogP contribution in [0.4, 0.5) is 0 Å². The highest BCUT2D eigenvalue weighted by atomic mass is 16.2. The molecule has 2 aliphatic rings. The number of carbonyl (C=O) groups is 6. The number of amides is 6. The number of rotatable bonds is 9. The zero-order valence-corrected chi connectivity index (χ0v) is 18.8. The highest BCUT2D eigenvalue weighted by molar-refractivity contribution is 5.93. The molecule has 0 radical (unpaired) electrons. The first-order valence-corrected chi connectivity index (χ1v) is 10.5. The van der Waals surface area contributed by atoms with Gasteiger partial charge in [-0.2, -0.15) is 0 Å². The van der Waals surface area contributed by atoms with Crippen molar-refractivity contribution in [2.24, 2.45) is 5.73 Å². The number of carbonyl (C=O) groups excluding carboxylic acids is 6. The fourth-order valence-corrected chi connectivity index (χ4v) is 3.57. The average molecular weight is 453 g/mol. The van der Waals surface area contributed by atoms with Crippen LogP contribution >= 0.6 is 0 Å². The van der Waals surface area contributed by atoms with Crippen LogP contribution in [0.25, 0.3) is 0 Å². The van der Waals surface area contributed by atoms with Crippen molar-refractivity contribution < 1.29 is 28.8 Å². The van der Waals surface area contributed by atoms with E-state index < -0.39 is 40.9 Å². The van der Waals surface area contributed by atoms with E-state index in [1.165, 1.54) is 27.7 Å². The van der Waals surface area contributed by atoms with Crippen molar-refractivity contribution in [1.82, 2.24) is 26.6 Å². The molecule has 2 aliphatic heterocycles. The molecule has 12 heteroatoms. The van der Waals surface area contributed by atoms with E-state index in [2.05, 4.69) is 26.6 Å². The van der Waals surface area contributed by atoms with Crippen molar-refractivity contribution in [2.45, 2.75) is 89.0 Å². The van der Waals surface area contributed by atoms with Gasteiger partial charge >= 0.3 is 0 Å². The van der Waals surface area contributed by atoms with E-state index in [9.17, 15) is 28.8 Å². The molecule has 6 amide bonds. The molecule has 0 aromatic heterocycles. The first kappa shape index (κ1) is 25.1. The number of nitrogens with one attached hydrogen (secondary N) is 5. The monoisotopic (exact) mass is 452 g/mol. The van der Waals surface area contributed by atoms with E-state index in [-0.39, 0.29) is 43.0 Å². The summed E-state index contributed by atoms with van der Waals surface area (Å²) in [7, 11) is 0. The Kier molecular flexibility index (Phi) is 7.47. The second-order valence-electron chi connectivity index (χ2n) is 9.38. The third-order valence-corrected chi connectivity index (χ3v) is 5.56. The van der Waals surface area contributed by atoms with Crippen molar-refractivity contribution >= 4 is 35.4 Å². The van der Waals surface area contributed by atoms with Crippen LogP contribution in [-0.2, 0) is 28.8 Å². The predicted molar refractivity (Wildman–Crippen MR) is 113 cm³/mol. The second-order valence-corrected chi connectivity index (χ2v) is 9.38. The van der Waals surface area contributed by atoms with E-state index in [1.807, 2.05) is 0 Å². The van der Waals surface area contributed by atoms with Gasteiger partial charge in [0.2, 0.25) is 35.4 Å². The lowest BCUT2D eigenvalue weighted by Gasteiger charge is -2.29. The molecule has 0 spiro atoms. The maximum atomic E-state index is 12.8. The molecule has 0 saturated carbocycles. The lowest BCUT2D eigenvalue weighted by molar-refractivity contribution is -0.133. The third-order valence-electron chi connectivity index (χ3n) is 5.56. The van der Waals surface area contributed by atoms with Gasteiger partial charge in [-0.1, -0.05) is 0 Å². The summed E-state index contributed by atoms with van der Waals surface area (Å²) in [6, 6.07) is -1.62. The van der Waals surface area contributed by atoms with Gasteiger partial charge in [0.1, 0.15) is 11.1 Å². The van der Waals surface area contributed by atoms with Crippen LogP contribution in [0, 0.1) is 0 Å². The van der Waals surface area contributed by atoms with Gasteiger partial charge in [-0.05, 0) is 34.1 Å². The Morgan fingerprint density at radius 1 is 0.938 bits per heavy atom. The molecule has 178 valence electrons. The standard InChI is InChI=1S/C20H32N6O6/c1-19(2,17(21)31)25-16(30)9-11-12(8-14(28)23-11)24-18(32)20(3,4)26-15(29)7-10-5-6-13(27)22-10/h10-12H,5-9H2,1-4H3,(H2,21,31)(H,22,27)(H,23,28)(H,24,32)(H,25,30)(H,26,29). The minimum absolute atomic E-state index is 0.0268. The molecule has 2 fully saturated rings. The summed E-state index contributed by atoms with van der Waals surface area (Å²) < 4.78 is 0. The number of nitrogens with two attached hydrogens (primary N) is 1. The Bertz CT molecular complexity index is 823.